The Kier molecular flexibility index (Phi) is 10.5. The lowest BCUT2D eigenvalue weighted by molar-refractivity contribution is 0.277. The number of aromatic amines is 1. The molecule has 0 aliphatic heterocycles. The van der Waals surface area contributed by atoms with Gasteiger partial charge in [0.2, 0.25) is 0 Å². The summed E-state index contributed by atoms with van der Waals surface area (Å²) >= 11 is 0. The molecule has 4 nitrogen and oxygen atoms in total. The second-order valence-electron chi connectivity index (χ2n) is 7.86. The first-order chi connectivity index (χ1) is 15.1. The topological polar surface area (TPSA) is 57.3 Å². The van der Waals surface area contributed by atoms with Crippen molar-refractivity contribution in [3.8, 4) is 0 Å². The van der Waals surface area contributed by atoms with Crippen molar-refractivity contribution in [2.24, 2.45) is 0 Å². The number of aliphatic hydroxyl groups excluding tert-OH is 1. The number of aliphatic hydroxyl groups is 1. The molecule has 4 heteroatoms. The molecule has 1 aromatic carbocycles. The Bertz CT molecular complexity index is 893. The first-order valence-corrected chi connectivity index (χ1v) is 11.1. The summed E-state index contributed by atoms with van der Waals surface area (Å²) in [6.45, 7) is 9.17. The van der Waals surface area contributed by atoms with Gasteiger partial charge in [-0.1, -0.05) is 49.1 Å². The number of methoxy groups -OCH3 is 1. The third-order valence-corrected chi connectivity index (χ3v) is 5.59. The van der Waals surface area contributed by atoms with Crippen LogP contribution in [-0.2, 0) is 17.6 Å². The van der Waals surface area contributed by atoms with Crippen molar-refractivity contribution in [1.29, 1.82) is 0 Å². The zero-order valence-electron chi connectivity index (χ0n) is 19.5. The molecule has 0 saturated heterocycles. The average molecular weight is 423 g/mol. The van der Waals surface area contributed by atoms with Crippen LogP contribution in [0.2, 0.25) is 0 Å². The third kappa shape index (κ3) is 6.79. The highest BCUT2D eigenvalue weighted by Gasteiger charge is 2.20. The quantitative estimate of drug-likeness (QED) is 0.528. The minimum Gasteiger partial charge on any atom is -0.392 e. The molecule has 1 atom stereocenters. The Morgan fingerprint density at radius 3 is 2.74 bits per heavy atom. The molecule has 0 fully saturated rings. The minimum atomic E-state index is 0.0859. The summed E-state index contributed by atoms with van der Waals surface area (Å²) in [6.07, 6.45) is 14.5. The fraction of sp³-hybridized carbons (Fsp3) is 0.407. The number of allylic oxidation sites excluding steroid dienone is 1. The number of benzene rings is 1. The van der Waals surface area contributed by atoms with Crippen LogP contribution in [0.25, 0.3) is 18.2 Å². The van der Waals surface area contributed by atoms with Gasteiger partial charge < -0.3 is 20.1 Å². The van der Waals surface area contributed by atoms with Gasteiger partial charge in [0.05, 0.1) is 6.61 Å². The number of rotatable bonds is 8. The van der Waals surface area contributed by atoms with Crippen molar-refractivity contribution in [3.63, 3.8) is 0 Å². The molecule has 3 rings (SSSR count). The first kappa shape index (κ1) is 24.9. The average Bonchev–Trinajstić information content (AvgIpc) is 3.07. The summed E-state index contributed by atoms with van der Waals surface area (Å²) in [5.41, 5.74) is 9.02. The summed E-state index contributed by atoms with van der Waals surface area (Å²) in [5.74, 6) is 0. The number of H-pyrrole nitrogens is 1. The van der Waals surface area contributed by atoms with Crippen molar-refractivity contribution in [3.05, 3.63) is 76.1 Å². The summed E-state index contributed by atoms with van der Waals surface area (Å²) in [5, 5.41) is 12.8. The zero-order chi connectivity index (χ0) is 22.6. The summed E-state index contributed by atoms with van der Waals surface area (Å²) in [7, 11) is 3.25. The van der Waals surface area contributed by atoms with E-state index in [1.807, 2.05) is 12.2 Å². The summed E-state index contributed by atoms with van der Waals surface area (Å²) < 4.78 is 4.25. The SMILES string of the molecule is C=Cc1[nH]c(C)c(CCNC2CCCc3cc(/C=C/CO)ccc32)c1/C=C\C.COC. The van der Waals surface area contributed by atoms with E-state index in [-0.39, 0.29) is 6.61 Å². The smallest absolute Gasteiger partial charge is 0.0615 e. The highest BCUT2D eigenvalue weighted by Crippen LogP contribution is 2.31. The van der Waals surface area contributed by atoms with E-state index in [0.717, 1.165) is 25.1 Å². The monoisotopic (exact) mass is 422 g/mol. The third-order valence-electron chi connectivity index (χ3n) is 5.59. The zero-order valence-corrected chi connectivity index (χ0v) is 19.5. The van der Waals surface area contributed by atoms with Gasteiger partial charge in [0.1, 0.15) is 0 Å². The molecule has 168 valence electrons. The van der Waals surface area contributed by atoms with Crippen molar-refractivity contribution in [2.75, 3.05) is 27.4 Å². The van der Waals surface area contributed by atoms with Crippen LogP contribution in [0.4, 0.5) is 0 Å². The summed E-state index contributed by atoms with van der Waals surface area (Å²) in [6, 6.07) is 7.10. The largest absolute Gasteiger partial charge is 0.392 e. The Morgan fingerprint density at radius 1 is 1.29 bits per heavy atom. The van der Waals surface area contributed by atoms with Gasteiger partial charge >= 0.3 is 0 Å². The Morgan fingerprint density at radius 2 is 2.06 bits per heavy atom. The second kappa shape index (κ2) is 13.1. The molecule has 1 unspecified atom stereocenters. The van der Waals surface area contributed by atoms with Crippen molar-refractivity contribution in [2.45, 2.75) is 45.6 Å². The molecule has 3 N–H and O–H groups in total. The van der Waals surface area contributed by atoms with Gasteiger partial charge in [-0.25, -0.2) is 0 Å². The van der Waals surface area contributed by atoms with Crippen LogP contribution in [0.5, 0.6) is 0 Å². The van der Waals surface area contributed by atoms with Crippen molar-refractivity contribution in [1.82, 2.24) is 10.3 Å². The molecule has 0 bridgehead atoms. The predicted molar refractivity (Wildman–Crippen MR) is 133 cm³/mol. The molecule has 1 aromatic heterocycles. The van der Waals surface area contributed by atoms with E-state index in [4.69, 9.17) is 5.11 Å². The maximum atomic E-state index is 8.98. The van der Waals surface area contributed by atoms with Gasteiger partial charge in [-0.15, -0.1) is 0 Å². The Balaban J connectivity index is 0.00000107. The predicted octanol–water partition coefficient (Wildman–Crippen LogP) is 5.48. The van der Waals surface area contributed by atoms with Gasteiger partial charge in [0.25, 0.3) is 0 Å². The molecule has 0 amide bonds. The second-order valence-corrected chi connectivity index (χ2v) is 7.86. The van der Waals surface area contributed by atoms with E-state index >= 15 is 0 Å². The van der Waals surface area contributed by atoms with Crippen LogP contribution in [0.1, 0.15) is 65.0 Å². The lowest BCUT2D eigenvalue weighted by Gasteiger charge is -2.27. The van der Waals surface area contributed by atoms with E-state index in [0.29, 0.717) is 6.04 Å². The lowest BCUT2D eigenvalue weighted by Crippen LogP contribution is -2.27. The number of hydrogen-bond acceptors (Lipinski definition) is 3. The van der Waals surface area contributed by atoms with Crippen LogP contribution < -0.4 is 5.32 Å². The van der Waals surface area contributed by atoms with E-state index in [1.54, 1.807) is 20.3 Å². The standard InChI is InChI=1S/C25H32N2O.C2H6O/c1-4-8-23-21(18(3)27-24(23)5-2)14-15-26-25-11-6-10-20-17-19(9-7-16-28)12-13-22(20)25;1-3-2/h4-5,7-9,12-13,17,25-28H,2,6,10-11,14-16H2,1,3H3;1-2H3/b8-4-,9-7+;. The normalized spacial score (nSPS) is 15.7. The Labute approximate surface area is 187 Å². The van der Waals surface area contributed by atoms with Crippen LogP contribution in [0.15, 0.2) is 36.9 Å². The molecule has 1 aliphatic rings. The number of aryl methyl sites for hydroxylation is 2. The van der Waals surface area contributed by atoms with E-state index < -0.39 is 0 Å². The molecule has 1 aliphatic carbocycles. The maximum absolute atomic E-state index is 8.98. The van der Waals surface area contributed by atoms with Crippen LogP contribution in [-0.4, -0.2) is 37.5 Å². The van der Waals surface area contributed by atoms with E-state index in [2.05, 4.69) is 65.8 Å². The first-order valence-electron chi connectivity index (χ1n) is 11.1. The number of ether oxygens (including phenoxy) is 1. The Hall–Kier alpha value is -2.40. The summed E-state index contributed by atoms with van der Waals surface area (Å²) in [4.78, 5) is 3.45. The fourth-order valence-electron chi connectivity index (χ4n) is 4.26. The van der Waals surface area contributed by atoms with Crippen LogP contribution in [0.3, 0.4) is 0 Å². The van der Waals surface area contributed by atoms with Gasteiger partial charge in [-0.05, 0) is 74.4 Å². The number of hydrogen-bond donors (Lipinski definition) is 3. The maximum Gasteiger partial charge on any atom is 0.0615 e. The molecule has 2 aromatic rings. The molecule has 0 spiro atoms. The number of fused-ring (bicyclic) bond motifs is 1. The molecule has 1 heterocycles. The molecule has 0 radical (unpaired) electrons. The van der Waals surface area contributed by atoms with E-state index in [9.17, 15) is 0 Å². The molecule has 31 heavy (non-hydrogen) atoms. The highest BCUT2D eigenvalue weighted by molar-refractivity contribution is 5.66. The van der Waals surface area contributed by atoms with E-state index in [1.165, 1.54) is 46.4 Å². The number of nitrogens with one attached hydrogen (secondary N) is 2. The molecular formula is C27H38N2O2. The van der Waals surface area contributed by atoms with Crippen molar-refractivity contribution < 1.29 is 9.84 Å². The molecular weight excluding hydrogens is 384 g/mol. The minimum absolute atomic E-state index is 0.0859. The van der Waals surface area contributed by atoms with Crippen molar-refractivity contribution >= 4 is 18.2 Å². The van der Waals surface area contributed by atoms with Gasteiger partial charge in [-0.2, -0.15) is 0 Å². The van der Waals surface area contributed by atoms with Crippen LogP contribution >= 0.6 is 0 Å². The van der Waals surface area contributed by atoms with Gasteiger partial charge in [0, 0.05) is 37.2 Å². The lowest BCUT2D eigenvalue weighted by atomic mass is 9.86. The molecule has 0 saturated carbocycles. The van der Waals surface area contributed by atoms with Gasteiger partial charge in [-0.3, -0.25) is 0 Å². The van der Waals surface area contributed by atoms with Gasteiger partial charge in [0.15, 0.2) is 0 Å². The number of aromatic nitrogens is 1. The highest BCUT2D eigenvalue weighted by atomic mass is 16.4. The van der Waals surface area contributed by atoms with Crippen LogP contribution in [0, 0.1) is 6.92 Å². The fourth-order valence-corrected chi connectivity index (χ4v) is 4.26.